The molecule has 0 atom stereocenters. The van der Waals surface area contributed by atoms with E-state index in [0.717, 1.165) is 0 Å². The lowest BCUT2D eigenvalue weighted by atomic mass is 10.2. The van der Waals surface area contributed by atoms with Crippen LogP contribution in [0.4, 0.5) is 0 Å². The van der Waals surface area contributed by atoms with Gasteiger partial charge in [-0.25, -0.2) is 0 Å². The standard InChI is InChI=1S/C12H17NO3S/c1-4-16-11(14)7-13(9(2)3)12(15)10-5-6-17-8-10/h5-6,8-9H,4,7H2,1-3H3. The van der Waals surface area contributed by atoms with E-state index in [9.17, 15) is 9.59 Å². The lowest BCUT2D eigenvalue weighted by Crippen LogP contribution is -2.41. The van der Waals surface area contributed by atoms with Crippen LogP contribution in [0.3, 0.4) is 0 Å². The Morgan fingerprint density at radius 1 is 1.47 bits per heavy atom. The van der Waals surface area contributed by atoms with E-state index < -0.39 is 0 Å². The summed E-state index contributed by atoms with van der Waals surface area (Å²) in [7, 11) is 0. The molecule has 0 saturated heterocycles. The highest BCUT2D eigenvalue weighted by Gasteiger charge is 2.22. The van der Waals surface area contributed by atoms with Crippen LogP contribution < -0.4 is 0 Å². The molecule has 5 heteroatoms. The van der Waals surface area contributed by atoms with Gasteiger partial charge in [0.2, 0.25) is 0 Å². The maximum Gasteiger partial charge on any atom is 0.325 e. The highest BCUT2D eigenvalue weighted by atomic mass is 32.1. The van der Waals surface area contributed by atoms with Gasteiger partial charge in [-0.1, -0.05) is 0 Å². The highest BCUT2D eigenvalue weighted by Crippen LogP contribution is 2.12. The maximum absolute atomic E-state index is 12.1. The molecule has 1 aromatic rings. The topological polar surface area (TPSA) is 46.6 Å². The van der Waals surface area contributed by atoms with Gasteiger partial charge in [-0.15, -0.1) is 0 Å². The zero-order valence-corrected chi connectivity index (χ0v) is 11.1. The van der Waals surface area contributed by atoms with Crippen LogP contribution in [0.2, 0.25) is 0 Å². The average molecular weight is 255 g/mol. The van der Waals surface area contributed by atoms with Crippen molar-refractivity contribution in [3.05, 3.63) is 22.4 Å². The van der Waals surface area contributed by atoms with E-state index in [1.807, 2.05) is 19.2 Å². The number of amides is 1. The molecule has 1 aromatic heterocycles. The Hall–Kier alpha value is -1.36. The molecule has 17 heavy (non-hydrogen) atoms. The van der Waals surface area contributed by atoms with Crippen LogP contribution >= 0.6 is 11.3 Å². The number of carbonyl (C=O) groups excluding carboxylic acids is 2. The second kappa shape index (κ2) is 6.39. The molecule has 0 aliphatic carbocycles. The van der Waals surface area contributed by atoms with Crippen molar-refractivity contribution >= 4 is 23.2 Å². The molecule has 0 fully saturated rings. The first kappa shape index (κ1) is 13.7. The lowest BCUT2D eigenvalue weighted by Gasteiger charge is -2.25. The van der Waals surface area contributed by atoms with Gasteiger partial charge in [-0.3, -0.25) is 9.59 Å². The first-order valence-electron chi connectivity index (χ1n) is 5.55. The Kier molecular flexibility index (Phi) is 5.15. The Morgan fingerprint density at radius 3 is 2.65 bits per heavy atom. The van der Waals surface area contributed by atoms with Gasteiger partial charge in [0.25, 0.3) is 5.91 Å². The fourth-order valence-corrected chi connectivity index (χ4v) is 2.02. The zero-order valence-electron chi connectivity index (χ0n) is 10.3. The minimum atomic E-state index is -0.371. The van der Waals surface area contributed by atoms with Crippen molar-refractivity contribution < 1.29 is 14.3 Å². The van der Waals surface area contributed by atoms with Gasteiger partial charge < -0.3 is 9.64 Å². The zero-order chi connectivity index (χ0) is 12.8. The molecule has 94 valence electrons. The summed E-state index contributed by atoms with van der Waals surface area (Å²) in [4.78, 5) is 25.0. The number of hydrogen-bond acceptors (Lipinski definition) is 4. The van der Waals surface area contributed by atoms with Gasteiger partial charge in [0.05, 0.1) is 12.2 Å². The normalized spacial score (nSPS) is 10.4. The summed E-state index contributed by atoms with van der Waals surface area (Å²) in [6.07, 6.45) is 0. The third kappa shape index (κ3) is 3.85. The molecule has 1 rings (SSSR count). The Morgan fingerprint density at radius 2 is 2.18 bits per heavy atom. The highest BCUT2D eigenvalue weighted by molar-refractivity contribution is 7.08. The van der Waals surface area contributed by atoms with Crippen molar-refractivity contribution in [3.63, 3.8) is 0 Å². The summed E-state index contributed by atoms with van der Waals surface area (Å²) in [5.74, 6) is -0.501. The fraction of sp³-hybridized carbons (Fsp3) is 0.500. The molecule has 1 heterocycles. The fourth-order valence-electron chi connectivity index (χ4n) is 1.39. The number of rotatable bonds is 5. The second-order valence-corrected chi connectivity index (χ2v) is 4.62. The predicted octanol–water partition coefficient (Wildman–Crippen LogP) is 2.16. The van der Waals surface area contributed by atoms with E-state index in [0.29, 0.717) is 12.2 Å². The molecule has 0 saturated carbocycles. The molecule has 0 radical (unpaired) electrons. The average Bonchev–Trinajstić information content (AvgIpc) is 2.78. The number of hydrogen-bond donors (Lipinski definition) is 0. The molecule has 0 spiro atoms. The van der Waals surface area contributed by atoms with E-state index in [1.165, 1.54) is 16.2 Å². The van der Waals surface area contributed by atoms with Crippen molar-refractivity contribution in [1.29, 1.82) is 0 Å². The third-order valence-electron chi connectivity index (χ3n) is 2.26. The van der Waals surface area contributed by atoms with Crippen molar-refractivity contribution in [2.24, 2.45) is 0 Å². The van der Waals surface area contributed by atoms with Gasteiger partial charge >= 0.3 is 5.97 Å². The summed E-state index contributed by atoms with van der Waals surface area (Å²) in [5, 5.41) is 3.62. The van der Waals surface area contributed by atoms with E-state index in [4.69, 9.17) is 4.74 Å². The van der Waals surface area contributed by atoms with Crippen LogP contribution in [0.1, 0.15) is 31.1 Å². The number of nitrogens with zero attached hydrogens (tertiary/aromatic N) is 1. The number of carbonyl (C=O) groups is 2. The van der Waals surface area contributed by atoms with Crippen LogP contribution in [0.5, 0.6) is 0 Å². The first-order chi connectivity index (χ1) is 8.06. The first-order valence-corrected chi connectivity index (χ1v) is 6.49. The predicted molar refractivity (Wildman–Crippen MR) is 67.1 cm³/mol. The van der Waals surface area contributed by atoms with E-state index in [-0.39, 0.29) is 24.5 Å². The molecular formula is C12H17NO3S. The smallest absolute Gasteiger partial charge is 0.325 e. The van der Waals surface area contributed by atoms with Crippen LogP contribution in [-0.2, 0) is 9.53 Å². The Balaban J connectivity index is 2.73. The molecule has 0 aromatic carbocycles. The molecule has 0 unspecified atom stereocenters. The van der Waals surface area contributed by atoms with Crippen LogP contribution in [-0.4, -0.2) is 36.0 Å². The Labute approximate surface area is 105 Å². The molecular weight excluding hydrogens is 238 g/mol. The largest absolute Gasteiger partial charge is 0.465 e. The lowest BCUT2D eigenvalue weighted by molar-refractivity contribution is -0.144. The number of esters is 1. The van der Waals surface area contributed by atoms with Crippen molar-refractivity contribution in [3.8, 4) is 0 Å². The van der Waals surface area contributed by atoms with Crippen molar-refractivity contribution in [2.45, 2.75) is 26.8 Å². The van der Waals surface area contributed by atoms with E-state index in [2.05, 4.69) is 0 Å². The van der Waals surface area contributed by atoms with Gasteiger partial charge in [-0.2, -0.15) is 11.3 Å². The molecule has 0 bridgehead atoms. The molecule has 0 aliphatic heterocycles. The van der Waals surface area contributed by atoms with E-state index in [1.54, 1.807) is 18.4 Å². The molecule has 4 nitrogen and oxygen atoms in total. The Bertz CT molecular complexity index is 373. The molecule has 0 aliphatic rings. The summed E-state index contributed by atoms with van der Waals surface area (Å²) < 4.78 is 4.86. The van der Waals surface area contributed by atoms with E-state index >= 15 is 0 Å². The van der Waals surface area contributed by atoms with Gasteiger partial charge in [0, 0.05) is 11.4 Å². The second-order valence-electron chi connectivity index (χ2n) is 3.84. The summed E-state index contributed by atoms with van der Waals surface area (Å²) in [6, 6.07) is 1.72. The third-order valence-corrected chi connectivity index (χ3v) is 2.94. The van der Waals surface area contributed by atoms with Gasteiger partial charge in [-0.05, 0) is 32.2 Å². The van der Waals surface area contributed by atoms with Crippen LogP contribution in [0.25, 0.3) is 0 Å². The van der Waals surface area contributed by atoms with Crippen LogP contribution in [0.15, 0.2) is 16.8 Å². The van der Waals surface area contributed by atoms with Gasteiger partial charge in [0.1, 0.15) is 6.54 Å². The maximum atomic E-state index is 12.1. The van der Waals surface area contributed by atoms with Gasteiger partial charge in [0.15, 0.2) is 0 Å². The summed E-state index contributed by atoms with van der Waals surface area (Å²) in [6.45, 7) is 5.84. The monoisotopic (exact) mass is 255 g/mol. The van der Waals surface area contributed by atoms with Crippen LogP contribution in [0, 0.1) is 0 Å². The van der Waals surface area contributed by atoms with Crippen molar-refractivity contribution in [1.82, 2.24) is 4.90 Å². The number of thiophene rings is 1. The number of ether oxygens (including phenoxy) is 1. The quantitative estimate of drug-likeness (QED) is 0.757. The summed E-state index contributed by atoms with van der Waals surface area (Å²) in [5.41, 5.74) is 0.619. The molecule has 0 N–H and O–H groups in total. The van der Waals surface area contributed by atoms with Crippen molar-refractivity contribution in [2.75, 3.05) is 13.2 Å². The minimum Gasteiger partial charge on any atom is -0.465 e. The SMILES string of the molecule is CCOC(=O)CN(C(=O)c1ccsc1)C(C)C. The molecule has 1 amide bonds. The summed E-state index contributed by atoms with van der Waals surface area (Å²) >= 11 is 1.46. The minimum absolute atomic E-state index is 0.000185.